The summed E-state index contributed by atoms with van der Waals surface area (Å²) in [6, 6.07) is 0. The lowest BCUT2D eigenvalue weighted by molar-refractivity contribution is -0.176. The van der Waals surface area contributed by atoms with Gasteiger partial charge in [0.1, 0.15) is 5.78 Å². The first kappa shape index (κ1) is 11.1. The van der Waals surface area contributed by atoms with Gasteiger partial charge >= 0.3 is 6.18 Å². The summed E-state index contributed by atoms with van der Waals surface area (Å²) in [7, 11) is 0. The van der Waals surface area contributed by atoms with E-state index < -0.39 is 23.7 Å². The van der Waals surface area contributed by atoms with Crippen molar-refractivity contribution in [1.82, 2.24) is 0 Å². The van der Waals surface area contributed by atoms with E-state index in [0.29, 0.717) is 0 Å². The van der Waals surface area contributed by atoms with E-state index in [9.17, 15) is 22.8 Å². The zero-order valence-electron chi connectivity index (χ0n) is 6.73. The van der Waals surface area contributed by atoms with E-state index in [2.05, 4.69) is 0 Å². The van der Waals surface area contributed by atoms with Crippen LogP contribution in [0, 0.1) is 5.92 Å². The van der Waals surface area contributed by atoms with Crippen molar-refractivity contribution in [2.45, 2.75) is 26.4 Å². The molecule has 70 valence electrons. The van der Waals surface area contributed by atoms with Gasteiger partial charge < -0.3 is 0 Å². The summed E-state index contributed by atoms with van der Waals surface area (Å²) in [6.07, 6.45) is -5.00. The molecule has 0 aliphatic heterocycles. The number of carbonyl (C=O) groups is 2. The fraction of sp³-hybridized carbons (Fsp3) is 0.714. The highest BCUT2D eigenvalue weighted by molar-refractivity contribution is 6.03. The molecule has 0 saturated heterocycles. The second kappa shape index (κ2) is 3.69. The third-order valence-corrected chi connectivity index (χ3v) is 1.49. The highest BCUT2D eigenvalue weighted by atomic mass is 19.4. The number of rotatable bonds is 3. The minimum atomic E-state index is -4.90. The molecule has 0 rings (SSSR count). The minimum absolute atomic E-state index is 0.103. The highest BCUT2D eigenvalue weighted by Gasteiger charge is 2.44. The summed E-state index contributed by atoms with van der Waals surface area (Å²) in [4.78, 5) is 21.0. The van der Waals surface area contributed by atoms with Gasteiger partial charge in [0.2, 0.25) is 5.78 Å². The number of hydrogen-bond donors (Lipinski definition) is 0. The largest absolute Gasteiger partial charge is 0.450 e. The number of ketones is 2. The van der Waals surface area contributed by atoms with Crippen molar-refractivity contribution >= 4 is 11.6 Å². The van der Waals surface area contributed by atoms with Crippen molar-refractivity contribution < 1.29 is 22.8 Å². The topological polar surface area (TPSA) is 34.1 Å². The van der Waals surface area contributed by atoms with Gasteiger partial charge in [-0.3, -0.25) is 9.59 Å². The smallest absolute Gasteiger partial charge is 0.299 e. The van der Waals surface area contributed by atoms with Crippen LogP contribution >= 0.6 is 0 Å². The van der Waals surface area contributed by atoms with Crippen molar-refractivity contribution in [2.24, 2.45) is 5.92 Å². The monoisotopic (exact) mass is 182 g/mol. The van der Waals surface area contributed by atoms with Crippen LogP contribution in [0.3, 0.4) is 0 Å². The summed E-state index contributed by atoms with van der Waals surface area (Å²) in [5.74, 6) is -4.21. The normalized spacial score (nSPS) is 14.1. The van der Waals surface area contributed by atoms with Crippen LogP contribution in [0.1, 0.15) is 20.3 Å². The van der Waals surface area contributed by atoms with Crippen LogP contribution in [0.5, 0.6) is 0 Å². The molecule has 12 heavy (non-hydrogen) atoms. The van der Waals surface area contributed by atoms with Crippen molar-refractivity contribution in [3.8, 4) is 0 Å². The molecular formula is C7H9F3O2. The quantitative estimate of drug-likeness (QED) is 0.623. The molecule has 0 aromatic rings. The van der Waals surface area contributed by atoms with Gasteiger partial charge in [-0.25, -0.2) is 0 Å². The van der Waals surface area contributed by atoms with Gasteiger partial charge in [0, 0.05) is 0 Å². The Balaban J connectivity index is 4.55. The molecule has 0 fully saturated rings. The lowest BCUT2D eigenvalue weighted by Gasteiger charge is -2.11. The fourth-order valence-corrected chi connectivity index (χ4v) is 0.855. The van der Waals surface area contributed by atoms with Crippen LogP contribution < -0.4 is 0 Å². The zero-order chi connectivity index (χ0) is 9.94. The van der Waals surface area contributed by atoms with Gasteiger partial charge in [-0.1, -0.05) is 6.92 Å². The van der Waals surface area contributed by atoms with Crippen LogP contribution in [0.15, 0.2) is 0 Å². The fourth-order valence-electron chi connectivity index (χ4n) is 0.855. The molecule has 0 aromatic carbocycles. The molecule has 0 spiro atoms. The van der Waals surface area contributed by atoms with Crippen LogP contribution in [0.2, 0.25) is 0 Å². The SMILES string of the molecule is CCC(C(C)=O)C(=O)C(F)(F)F. The van der Waals surface area contributed by atoms with E-state index in [1.165, 1.54) is 6.92 Å². The zero-order valence-corrected chi connectivity index (χ0v) is 6.73. The van der Waals surface area contributed by atoms with Gasteiger partial charge in [-0.15, -0.1) is 0 Å². The second-order valence-corrected chi connectivity index (χ2v) is 2.43. The first-order valence-corrected chi connectivity index (χ1v) is 3.42. The predicted molar refractivity (Wildman–Crippen MR) is 35.5 cm³/mol. The van der Waals surface area contributed by atoms with Crippen molar-refractivity contribution in [3.05, 3.63) is 0 Å². The van der Waals surface area contributed by atoms with E-state index in [4.69, 9.17) is 0 Å². The van der Waals surface area contributed by atoms with Crippen molar-refractivity contribution in [3.63, 3.8) is 0 Å². The Morgan fingerprint density at radius 1 is 1.33 bits per heavy atom. The Labute approximate surface area is 67.7 Å². The lowest BCUT2D eigenvalue weighted by atomic mass is 9.97. The molecular weight excluding hydrogens is 173 g/mol. The first-order chi connectivity index (χ1) is 5.30. The molecule has 0 aliphatic carbocycles. The Morgan fingerprint density at radius 2 is 1.75 bits per heavy atom. The molecule has 0 bridgehead atoms. The van der Waals surface area contributed by atoms with Gasteiger partial charge in [0.15, 0.2) is 0 Å². The van der Waals surface area contributed by atoms with E-state index in [0.717, 1.165) is 6.92 Å². The maximum absolute atomic E-state index is 11.7. The molecule has 0 saturated carbocycles. The van der Waals surface area contributed by atoms with E-state index >= 15 is 0 Å². The molecule has 0 radical (unpaired) electrons. The minimum Gasteiger partial charge on any atom is -0.299 e. The van der Waals surface area contributed by atoms with Gasteiger partial charge in [0.05, 0.1) is 5.92 Å². The Hall–Kier alpha value is -0.870. The second-order valence-electron chi connectivity index (χ2n) is 2.43. The van der Waals surface area contributed by atoms with Crippen molar-refractivity contribution in [1.29, 1.82) is 0 Å². The molecule has 0 amide bonds. The third-order valence-electron chi connectivity index (χ3n) is 1.49. The molecule has 1 atom stereocenters. The predicted octanol–water partition coefficient (Wildman–Crippen LogP) is 1.73. The summed E-state index contributed by atoms with van der Waals surface area (Å²) in [5, 5.41) is 0. The van der Waals surface area contributed by atoms with Gasteiger partial charge in [-0.2, -0.15) is 13.2 Å². The molecule has 5 heteroatoms. The first-order valence-electron chi connectivity index (χ1n) is 3.42. The maximum Gasteiger partial charge on any atom is 0.450 e. The van der Waals surface area contributed by atoms with E-state index in [-0.39, 0.29) is 6.42 Å². The molecule has 0 aromatic heterocycles. The number of carbonyl (C=O) groups excluding carboxylic acids is 2. The standard InChI is InChI=1S/C7H9F3O2/c1-3-5(4(2)11)6(12)7(8,9)10/h5H,3H2,1-2H3. The van der Waals surface area contributed by atoms with E-state index in [1.807, 2.05) is 0 Å². The van der Waals surface area contributed by atoms with Gasteiger partial charge in [-0.05, 0) is 13.3 Å². The maximum atomic E-state index is 11.7. The molecule has 2 nitrogen and oxygen atoms in total. The van der Waals surface area contributed by atoms with Crippen LogP contribution in [0.4, 0.5) is 13.2 Å². The molecule has 0 aliphatic rings. The summed E-state index contributed by atoms with van der Waals surface area (Å²) in [6.45, 7) is 2.35. The number of alkyl halides is 3. The molecule has 0 heterocycles. The summed E-state index contributed by atoms with van der Waals surface area (Å²) in [5.41, 5.74) is 0. The molecule has 1 unspecified atom stereocenters. The number of halogens is 3. The van der Waals surface area contributed by atoms with Crippen LogP contribution in [0.25, 0.3) is 0 Å². The molecule has 0 N–H and O–H groups in total. The Kier molecular flexibility index (Phi) is 3.42. The lowest BCUT2D eigenvalue weighted by Crippen LogP contribution is -2.33. The highest BCUT2D eigenvalue weighted by Crippen LogP contribution is 2.23. The third kappa shape index (κ3) is 2.64. The number of Topliss-reactive ketones (excluding diaryl/α,β-unsaturated/α-hetero) is 2. The van der Waals surface area contributed by atoms with Gasteiger partial charge in [0.25, 0.3) is 0 Å². The Bertz CT molecular complexity index is 195. The number of hydrogen-bond acceptors (Lipinski definition) is 2. The van der Waals surface area contributed by atoms with E-state index in [1.54, 1.807) is 0 Å². The Morgan fingerprint density at radius 3 is 1.83 bits per heavy atom. The summed E-state index contributed by atoms with van der Waals surface area (Å²) >= 11 is 0. The van der Waals surface area contributed by atoms with Crippen LogP contribution in [-0.4, -0.2) is 17.7 Å². The average Bonchev–Trinajstić information content (AvgIpc) is 1.86. The average molecular weight is 182 g/mol. The summed E-state index contributed by atoms with van der Waals surface area (Å²) < 4.78 is 35.2. The van der Waals surface area contributed by atoms with Crippen molar-refractivity contribution in [2.75, 3.05) is 0 Å². The van der Waals surface area contributed by atoms with Crippen LogP contribution in [-0.2, 0) is 9.59 Å².